The lowest BCUT2D eigenvalue weighted by Gasteiger charge is -2.29. The lowest BCUT2D eigenvalue weighted by Crippen LogP contribution is -2.51. The molecule has 2 N–H and O–H groups in total. The number of aliphatic carboxylic acids is 1. The summed E-state index contributed by atoms with van der Waals surface area (Å²) < 4.78 is 5.75. The highest BCUT2D eigenvalue weighted by molar-refractivity contribution is 5.78. The highest BCUT2D eigenvalue weighted by atomic mass is 16.5. The first-order valence-electron chi connectivity index (χ1n) is 8.20. The van der Waals surface area contributed by atoms with Crippen LogP contribution in [-0.4, -0.2) is 36.4 Å². The maximum absolute atomic E-state index is 11.5. The number of carboxylic acid groups (broad SMARTS) is 1. The summed E-state index contributed by atoms with van der Waals surface area (Å²) in [6.07, 6.45) is 8.70. The lowest BCUT2D eigenvalue weighted by atomic mass is 9.90. The highest BCUT2D eigenvalue weighted by Gasteiger charge is 2.34. The molecule has 0 heterocycles. The van der Waals surface area contributed by atoms with Crippen LogP contribution in [0.25, 0.3) is 0 Å². The minimum absolute atomic E-state index is 0.610. The third-order valence-electron chi connectivity index (χ3n) is 4.50. The molecule has 0 aromatic carbocycles. The Hall–Kier alpha value is -0.610. The molecule has 1 unspecified atom stereocenters. The van der Waals surface area contributed by atoms with Gasteiger partial charge in [-0.2, -0.15) is 0 Å². The van der Waals surface area contributed by atoms with Gasteiger partial charge in [0.05, 0.1) is 0 Å². The van der Waals surface area contributed by atoms with Crippen LogP contribution in [0, 0.1) is 5.92 Å². The van der Waals surface area contributed by atoms with Gasteiger partial charge in [-0.15, -0.1) is 0 Å². The number of nitrogens with one attached hydrogen (secondary N) is 1. The van der Waals surface area contributed by atoms with Crippen LogP contribution in [0.3, 0.4) is 0 Å². The van der Waals surface area contributed by atoms with Gasteiger partial charge in [0, 0.05) is 13.2 Å². The molecule has 0 radical (unpaired) electrons. The van der Waals surface area contributed by atoms with E-state index in [2.05, 4.69) is 5.32 Å². The second kappa shape index (κ2) is 9.35. The smallest absolute Gasteiger partial charge is 0.323 e. The molecule has 20 heavy (non-hydrogen) atoms. The molecule has 0 bridgehead atoms. The van der Waals surface area contributed by atoms with Gasteiger partial charge in [0.15, 0.2) is 0 Å². The molecule has 4 nitrogen and oxygen atoms in total. The van der Waals surface area contributed by atoms with E-state index < -0.39 is 11.5 Å². The van der Waals surface area contributed by atoms with Crippen LogP contribution in [0.5, 0.6) is 0 Å². The van der Waals surface area contributed by atoms with Crippen LogP contribution in [0.1, 0.15) is 65.2 Å². The zero-order chi connectivity index (χ0) is 14.8. The van der Waals surface area contributed by atoms with E-state index in [9.17, 15) is 9.90 Å². The molecular formula is C16H31NO3. The summed E-state index contributed by atoms with van der Waals surface area (Å²) in [5.41, 5.74) is -0.775. The van der Waals surface area contributed by atoms with E-state index in [1.54, 1.807) is 0 Å². The maximum Gasteiger partial charge on any atom is 0.323 e. The Morgan fingerprint density at radius 2 is 2.00 bits per heavy atom. The molecule has 0 saturated heterocycles. The Labute approximate surface area is 123 Å². The van der Waals surface area contributed by atoms with Crippen molar-refractivity contribution < 1.29 is 14.6 Å². The number of hydrogen-bond donors (Lipinski definition) is 2. The third-order valence-corrected chi connectivity index (χ3v) is 4.50. The van der Waals surface area contributed by atoms with Gasteiger partial charge in [-0.25, -0.2) is 0 Å². The lowest BCUT2D eigenvalue weighted by molar-refractivity contribution is -0.145. The quantitative estimate of drug-likeness (QED) is 0.605. The standard InChI is InChI=1S/C16H31NO3/c1-3-16(15(18)19,17-4-2)11-8-12-20-13-14-9-6-5-7-10-14/h14,17H,3-13H2,1-2H3,(H,18,19). The minimum atomic E-state index is -0.775. The fraction of sp³-hybridized carbons (Fsp3) is 0.938. The van der Waals surface area contributed by atoms with Gasteiger partial charge in [0.25, 0.3) is 0 Å². The Balaban J connectivity index is 2.21. The van der Waals surface area contributed by atoms with Gasteiger partial charge >= 0.3 is 5.97 Å². The maximum atomic E-state index is 11.5. The first kappa shape index (κ1) is 17.4. The Bertz CT molecular complexity index is 277. The molecule has 1 fully saturated rings. The summed E-state index contributed by atoms with van der Waals surface area (Å²) in [4.78, 5) is 11.5. The Morgan fingerprint density at radius 3 is 2.55 bits per heavy atom. The van der Waals surface area contributed by atoms with Gasteiger partial charge in [-0.3, -0.25) is 4.79 Å². The van der Waals surface area contributed by atoms with Crippen LogP contribution in [0.4, 0.5) is 0 Å². The summed E-state index contributed by atoms with van der Waals surface area (Å²) in [7, 11) is 0. The molecule has 1 rings (SSSR count). The Morgan fingerprint density at radius 1 is 1.30 bits per heavy atom. The van der Waals surface area contributed by atoms with E-state index in [1.165, 1.54) is 32.1 Å². The fourth-order valence-corrected chi connectivity index (χ4v) is 3.14. The van der Waals surface area contributed by atoms with Crippen molar-refractivity contribution >= 4 is 5.97 Å². The van der Waals surface area contributed by atoms with Crippen LogP contribution >= 0.6 is 0 Å². The van der Waals surface area contributed by atoms with Crippen LogP contribution in [0.15, 0.2) is 0 Å². The molecule has 0 aromatic rings. The molecule has 118 valence electrons. The number of ether oxygens (including phenoxy) is 1. The molecule has 0 amide bonds. The molecule has 0 spiro atoms. The van der Waals surface area contributed by atoms with Gasteiger partial charge < -0.3 is 15.2 Å². The highest BCUT2D eigenvalue weighted by Crippen LogP contribution is 2.24. The van der Waals surface area contributed by atoms with E-state index in [1.807, 2.05) is 13.8 Å². The number of hydrogen-bond acceptors (Lipinski definition) is 3. The topological polar surface area (TPSA) is 58.6 Å². The van der Waals surface area contributed by atoms with Gasteiger partial charge in [-0.05, 0) is 44.6 Å². The molecule has 1 atom stereocenters. The fourth-order valence-electron chi connectivity index (χ4n) is 3.14. The zero-order valence-electron chi connectivity index (χ0n) is 13.1. The van der Waals surface area contributed by atoms with Crippen molar-refractivity contribution in [1.29, 1.82) is 0 Å². The SMILES string of the molecule is CCNC(CC)(CCCOCC1CCCCC1)C(=O)O. The van der Waals surface area contributed by atoms with Crippen molar-refractivity contribution in [2.24, 2.45) is 5.92 Å². The summed E-state index contributed by atoms with van der Waals surface area (Å²) in [5, 5.41) is 12.5. The molecule has 1 saturated carbocycles. The number of likely N-dealkylation sites (N-methyl/N-ethyl adjacent to an activating group) is 1. The van der Waals surface area contributed by atoms with Crippen molar-refractivity contribution in [2.45, 2.75) is 70.8 Å². The summed E-state index contributed by atoms with van der Waals surface area (Å²) >= 11 is 0. The van der Waals surface area contributed by atoms with Crippen LogP contribution in [0.2, 0.25) is 0 Å². The summed E-state index contributed by atoms with van der Waals surface area (Å²) in [6.45, 7) is 6.10. The molecule has 0 aliphatic heterocycles. The van der Waals surface area contributed by atoms with E-state index >= 15 is 0 Å². The van der Waals surface area contributed by atoms with Crippen LogP contribution in [-0.2, 0) is 9.53 Å². The number of rotatable bonds is 10. The predicted octanol–water partition coefficient (Wildman–Crippen LogP) is 3.21. The van der Waals surface area contributed by atoms with Crippen molar-refractivity contribution in [3.05, 3.63) is 0 Å². The third kappa shape index (κ3) is 5.41. The largest absolute Gasteiger partial charge is 0.480 e. The molecule has 1 aliphatic rings. The monoisotopic (exact) mass is 285 g/mol. The summed E-state index contributed by atoms with van der Waals surface area (Å²) in [6, 6.07) is 0. The van der Waals surface area contributed by atoms with Gasteiger partial charge in [0.2, 0.25) is 0 Å². The van der Waals surface area contributed by atoms with E-state index in [0.29, 0.717) is 26.0 Å². The molecule has 0 aromatic heterocycles. The molecular weight excluding hydrogens is 254 g/mol. The van der Waals surface area contributed by atoms with E-state index in [0.717, 1.165) is 18.9 Å². The summed E-state index contributed by atoms with van der Waals surface area (Å²) in [5.74, 6) is -0.0120. The molecule has 1 aliphatic carbocycles. The van der Waals surface area contributed by atoms with Gasteiger partial charge in [-0.1, -0.05) is 33.1 Å². The second-order valence-electron chi connectivity index (χ2n) is 5.95. The second-order valence-corrected chi connectivity index (χ2v) is 5.95. The first-order valence-corrected chi connectivity index (χ1v) is 8.20. The minimum Gasteiger partial charge on any atom is -0.480 e. The number of carbonyl (C=O) groups is 1. The zero-order valence-corrected chi connectivity index (χ0v) is 13.1. The molecule has 4 heteroatoms. The van der Waals surface area contributed by atoms with Crippen molar-refractivity contribution in [3.8, 4) is 0 Å². The number of carboxylic acids is 1. The van der Waals surface area contributed by atoms with Gasteiger partial charge in [0.1, 0.15) is 5.54 Å². The van der Waals surface area contributed by atoms with Crippen molar-refractivity contribution in [1.82, 2.24) is 5.32 Å². The van der Waals surface area contributed by atoms with Crippen LogP contribution < -0.4 is 5.32 Å². The first-order chi connectivity index (χ1) is 9.64. The van der Waals surface area contributed by atoms with E-state index in [4.69, 9.17) is 4.74 Å². The van der Waals surface area contributed by atoms with Crippen molar-refractivity contribution in [2.75, 3.05) is 19.8 Å². The normalized spacial score (nSPS) is 19.7. The predicted molar refractivity (Wildman–Crippen MR) is 81.0 cm³/mol. The average Bonchev–Trinajstić information content (AvgIpc) is 2.46. The Kier molecular flexibility index (Phi) is 8.15. The van der Waals surface area contributed by atoms with Crippen molar-refractivity contribution in [3.63, 3.8) is 0 Å². The van der Waals surface area contributed by atoms with E-state index in [-0.39, 0.29) is 0 Å². The average molecular weight is 285 g/mol.